The van der Waals surface area contributed by atoms with Crippen molar-refractivity contribution < 1.29 is 38.0 Å². The number of nitrogens with one attached hydrogen (secondary N) is 1. The van der Waals surface area contributed by atoms with Gasteiger partial charge in [-0.3, -0.25) is 0 Å². The van der Waals surface area contributed by atoms with Crippen molar-refractivity contribution in [2.45, 2.75) is 19.8 Å². The number of unbranched alkanes of at least 4 members (excludes halogenated alkanes) is 1. The summed E-state index contributed by atoms with van der Waals surface area (Å²) in [4.78, 5) is 12.0. The van der Waals surface area contributed by atoms with E-state index in [1.54, 1.807) is 19.2 Å². The molecule has 1 N–H and O–H groups in total. The van der Waals surface area contributed by atoms with Gasteiger partial charge in [-0.1, -0.05) is 13.3 Å². The van der Waals surface area contributed by atoms with Crippen LogP contribution in [-0.4, -0.2) is 98.9 Å². The molecule has 0 aromatic heterocycles. The summed E-state index contributed by atoms with van der Waals surface area (Å²) in [5.41, 5.74) is 1.53. The lowest BCUT2D eigenvalue weighted by Gasteiger charge is -2.09. The van der Waals surface area contributed by atoms with E-state index >= 15 is 0 Å². The Hall–Kier alpha value is -1.75. The minimum absolute atomic E-state index is 0.204. The van der Waals surface area contributed by atoms with Gasteiger partial charge in [0.15, 0.2) is 0 Å². The van der Waals surface area contributed by atoms with Crippen molar-refractivity contribution in [1.29, 1.82) is 0 Å². The van der Waals surface area contributed by atoms with Crippen LogP contribution >= 0.6 is 0 Å². The predicted octanol–water partition coefficient (Wildman–Crippen LogP) is 2.78. The van der Waals surface area contributed by atoms with Gasteiger partial charge in [0, 0.05) is 19.3 Å². The highest BCUT2D eigenvalue weighted by atomic mass is 16.6. The van der Waals surface area contributed by atoms with E-state index < -0.39 is 0 Å². The van der Waals surface area contributed by atoms with E-state index in [9.17, 15) is 4.79 Å². The first-order valence-electron chi connectivity index (χ1n) is 11.7. The fraction of sp³-hybridized carbons (Fsp3) is 0.708. The number of carbonyl (C=O) groups is 1. The van der Waals surface area contributed by atoms with Crippen LogP contribution in [0.3, 0.4) is 0 Å². The normalized spacial score (nSPS) is 11.0. The Morgan fingerprint density at radius 2 is 1.15 bits per heavy atom. The number of hydrogen-bond donors (Lipinski definition) is 1. The maximum Gasteiger partial charge on any atom is 0.338 e. The Kier molecular flexibility index (Phi) is 19.6. The second-order valence-corrected chi connectivity index (χ2v) is 7.05. The van der Waals surface area contributed by atoms with Gasteiger partial charge in [-0.2, -0.15) is 0 Å². The number of anilines is 1. The summed E-state index contributed by atoms with van der Waals surface area (Å²) in [5.74, 6) is -0.352. The van der Waals surface area contributed by atoms with E-state index in [4.69, 9.17) is 33.2 Å². The van der Waals surface area contributed by atoms with Crippen LogP contribution in [0.4, 0.5) is 5.69 Å². The zero-order valence-electron chi connectivity index (χ0n) is 20.2. The number of rotatable bonds is 23. The summed E-state index contributed by atoms with van der Waals surface area (Å²) in [6.07, 6.45) is 2.26. The molecule has 9 nitrogen and oxygen atoms in total. The summed E-state index contributed by atoms with van der Waals surface area (Å²) in [6.45, 7) is 8.78. The summed E-state index contributed by atoms with van der Waals surface area (Å²) < 4.78 is 37.0. The van der Waals surface area contributed by atoms with E-state index in [0.717, 1.165) is 25.1 Å². The molecule has 0 bridgehead atoms. The quantitative estimate of drug-likeness (QED) is 0.191. The molecule has 0 spiro atoms. The van der Waals surface area contributed by atoms with Crippen molar-refractivity contribution in [3.63, 3.8) is 0 Å². The van der Waals surface area contributed by atoms with Crippen molar-refractivity contribution in [3.05, 3.63) is 29.8 Å². The molecule has 0 fully saturated rings. The first kappa shape index (κ1) is 29.3. The van der Waals surface area contributed by atoms with Crippen molar-refractivity contribution >= 4 is 11.7 Å². The summed E-state index contributed by atoms with van der Waals surface area (Å²) >= 11 is 0. The second kappa shape index (κ2) is 22.1. The number of carbonyl (C=O) groups excluding carboxylic acids is 1. The molecule has 0 aliphatic heterocycles. The Balaban J connectivity index is 1.85. The third-order valence-corrected chi connectivity index (χ3v) is 4.36. The fourth-order valence-corrected chi connectivity index (χ4v) is 2.53. The Morgan fingerprint density at radius 3 is 1.61 bits per heavy atom. The smallest absolute Gasteiger partial charge is 0.338 e. The highest BCUT2D eigenvalue weighted by molar-refractivity contribution is 5.89. The van der Waals surface area contributed by atoms with E-state index in [-0.39, 0.29) is 12.6 Å². The fourth-order valence-electron chi connectivity index (χ4n) is 2.53. The third kappa shape index (κ3) is 17.4. The first-order chi connectivity index (χ1) is 16.3. The molecule has 0 amide bonds. The van der Waals surface area contributed by atoms with Gasteiger partial charge in [-0.25, -0.2) is 4.79 Å². The van der Waals surface area contributed by atoms with Crippen LogP contribution in [0.5, 0.6) is 0 Å². The zero-order valence-corrected chi connectivity index (χ0v) is 20.2. The molecule has 0 heterocycles. The molecule has 9 heteroatoms. The Labute approximate surface area is 198 Å². The molecule has 33 heavy (non-hydrogen) atoms. The standard InChI is InChI=1S/C24H41NO8/c1-3-4-9-25-23-7-5-22(6-8-23)24(26)33-21-20-32-19-18-31-17-16-30-15-14-29-13-12-28-11-10-27-2/h5-8,25H,3-4,9-21H2,1-2H3. The topological polar surface area (TPSA) is 93.7 Å². The second-order valence-electron chi connectivity index (χ2n) is 7.05. The average molecular weight is 472 g/mol. The number of ether oxygens (including phenoxy) is 7. The molecule has 0 saturated carbocycles. The Morgan fingerprint density at radius 1 is 0.697 bits per heavy atom. The number of hydrogen-bond acceptors (Lipinski definition) is 9. The zero-order chi connectivity index (χ0) is 23.8. The van der Waals surface area contributed by atoms with E-state index in [2.05, 4.69) is 12.2 Å². The van der Waals surface area contributed by atoms with Crippen LogP contribution in [0.25, 0.3) is 0 Å². The lowest BCUT2D eigenvalue weighted by atomic mass is 10.2. The molecule has 1 aromatic carbocycles. The first-order valence-corrected chi connectivity index (χ1v) is 11.7. The molecule has 0 atom stereocenters. The van der Waals surface area contributed by atoms with E-state index in [1.165, 1.54) is 0 Å². The molecule has 0 unspecified atom stereocenters. The minimum Gasteiger partial charge on any atom is -0.460 e. The summed E-state index contributed by atoms with van der Waals surface area (Å²) in [6, 6.07) is 7.30. The maximum absolute atomic E-state index is 12.0. The molecule has 1 aromatic rings. The van der Waals surface area contributed by atoms with Crippen LogP contribution in [0.15, 0.2) is 24.3 Å². The summed E-state index contributed by atoms with van der Waals surface area (Å²) in [5, 5.41) is 3.31. The SMILES string of the molecule is CCCCNc1ccc(C(=O)OCCOCCOCCOCCOCCOCCOC)cc1. The molecule has 0 aliphatic rings. The van der Waals surface area contributed by atoms with Crippen molar-refractivity contribution in [3.8, 4) is 0 Å². The highest BCUT2D eigenvalue weighted by Crippen LogP contribution is 2.10. The van der Waals surface area contributed by atoms with Crippen LogP contribution in [0.1, 0.15) is 30.1 Å². The third-order valence-electron chi connectivity index (χ3n) is 4.36. The highest BCUT2D eigenvalue weighted by Gasteiger charge is 2.06. The van der Waals surface area contributed by atoms with Gasteiger partial charge >= 0.3 is 5.97 Å². The average Bonchev–Trinajstić information content (AvgIpc) is 2.83. The van der Waals surface area contributed by atoms with Crippen LogP contribution < -0.4 is 5.32 Å². The van der Waals surface area contributed by atoms with E-state index in [0.29, 0.717) is 78.2 Å². The van der Waals surface area contributed by atoms with Gasteiger partial charge in [0.1, 0.15) is 6.61 Å². The molecule has 190 valence electrons. The monoisotopic (exact) mass is 471 g/mol. The number of methoxy groups -OCH3 is 1. The predicted molar refractivity (Wildman–Crippen MR) is 126 cm³/mol. The number of benzene rings is 1. The van der Waals surface area contributed by atoms with Crippen molar-refractivity contribution in [1.82, 2.24) is 0 Å². The van der Waals surface area contributed by atoms with E-state index in [1.807, 2.05) is 12.1 Å². The molecular formula is C24H41NO8. The Bertz CT molecular complexity index is 570. The molecule has 0 aliphatic carbocycles. The largest absolute Gasteiger partial charge is 0.460 e. The van der Waals surface area contributed by atoms with Crippen molar-refractivity contribution in [2.24, 2.45) is 0 Å². The van der Waals surface area contributed by atoms with Gasteiger partial charge in [0.05, 0.1) is 78.2 Å². The van der Waals surface area contributed by atoms with Gasteiger partial charge in [-0.15, -0.1) is 0 Å². The van der Waals surface area contributed by atoms with Crippen molar-refractivity contribution in [2.75, 3.05) is 98.3 Å². The minimum atomic E-state index is -0.352. The molecule has 0 radical (unpaired) electrons. The maximum atomic E-state index is 12.0. The van der Waals surface area contributed by atoms with Gasteiger partial charge < -0.3 is 38.5 Å². The van der Waals surface area contributed by atoms with Crippen LogP contribution in [0.2, 0.25) is 0 Å². The lowest BCUT2D eigenvalue weighted by Crippen LogP contribution is -2.15. The summed E-state index contributed by atoms with van der Waals surface area (Å²) in [7, 11) is 1.64. The molecule has 1 rings (SSSR count). The van der Waals surface area contributed by atoms with Gasteiger partial charge in [-0.05, 0) is 30.7 Å². The van der Waals surface area contributed by atoms with Crippen LogP contribution in [0, 0.1) is 0 Å². The molecule has 0 saturated heterocycles. The molecular weight excluding hydrogens is 430 g/mol. The van der Waals surface area contributed by atoms with Gasteiger partial charge in [0.2, 0.25) is 0 Å². The van der Waals surface area contributed by atoms with Crippen LogP contribution in [-0.2, 0) is 33.2 Å². The lowest BCUT2D eigenvalue weighted by molar-refractivity contribution is -0.0178. The number of esters is 1. The van der Waals surface area contributed by atoms with Gasteiger partial charge in [0.25, 0.3) is 0 Å².